The molecule has 0 aliphatic rings. The summed E-state index contributed by atoms with van der Waals surface area (Å²) in [5, 5.41) is 3.20. The molecule has 6 nitrogen and oxygen atoms in total. The Hall–Kier alpha value is -3.26. The molecule has 8 heteroatoms. The topological polar surface area (TPSA) is 71.5 Å². The highest BCUT2D eigenvalue weighted by Crippen LogP contribution is 2.28. The van der Waals surface area contributed by atoms with Gasteiger partial charge in [-0.3, -0.25) is 9.59 Å². The van der Waals surface area contributed by atoms with Gasteiger partial charge in [-0.05, 0) is 30.7 Å². The van der Waals surface area contributed by atoms with Gasteiger partial charge in [0.15, 0.2) is 0 Å². The first-order valence-electron chi connectivity index (χ1n) is 9.46. The van der Waals surface area contributed by atoms with Gasteiger partial charge in [-0.25, -0.2) is 9.37 Å². The molecule has 0 bridgehead atoms. The SMILES string of the molecule is CCCN(CC(=O)Nc1ccccc1OC)C(=O)c1cnc(-c2ccccc2F)s1. The number of nitrogens with one attached hydrogen (secondary N) is 1. The van der Waals surface area contributed by atoms with Crippen LogP contribution in [0.5, 0.6) is 5.75 Å². The molecule has 0 saturated heterocycles. The van der Waals surface area contributed by atoms with Crippen LogP contribution in [0.25, 0.3) is 10.6 Å². The molecule has 0 saturated carbocycles. The molecule has 156 valence electrons. The molecule has 2 aromatic carbocycles. The highest BCUT2D eigenvalue weighted by atomic mass is 32.1. The van der Waals surface area contributed by atoms with E-state index < -0.39 is 5.82 Å². The summed E-state index contributed by atoms with van der Waals surface area (Å²) >= 11 is 1.11. The maximum atomic E-state index is 14.0. The smallest absolute Gasteiger partial charge is 0.266 e. The van der Waals surface area contributed by atoms with E-state index in [0.717, 1.165) is 11.3 Å². The molecule has 2 amide bonds. The maximum Gasteiger partial charge on any atom is 0.266 e. The van der Waals surface area contributed by atoms with Gasteiger partial charge in [0.2, 0.25) is 5.91 Å². The second kappa shape index (κ2) is 9.98. The van der Waals surface area contributed by atoms with E-state index in [1.54, 1.807) is 42.5 Å². The minimum Gasteiger partial charge on any atom is -0.495 e. The van der Waals surface area contributed by atoms with Gasteiger partial charge < -0.3 is 15.0 Å². The van der Waals surface area contributed by atoms with Gasteiger partial charge in [-0.2, -0.15) is 0 Å². The molecule has 30 heavy (non-hydrogen) atoms. The fourth-order valence-corrected chi connectivity index (χ4v) is 3.83. The molecule has 0 unspecified atom stereocenters. The number of carbonyl (C=O) groups is 2. The summed E-state index contributed by atoms with van der Waals surface area (Å²) in [6, 6.07) is 13.3. The van der Waals surface area contributed by atoms with E-state index in [4.69, 9.17) is 4.74 Å². The minimum absolute atomic E-state index is 0.113. The Morgan fingerprint density at radius 2 is 1.90 bits per heavy atom. The predicted molar refractivity (Wildman–Crippen MR) is 115 cm³/mol. The lowest BCUT2D eigenvalue weighted by Gasteiger charge is -2.21. The van der Waals surface area contributed by atoms with Gasteiger partial charge in [0.1, 0.15) is 28.0 Å². The molecule has 0 aliphatic heterocycles. The zero-order valence-corrected chi connectivity index (χ0v) is 17.5. The largest absolute Gasteiger partial charge is 0.495 e. The van der Waals surface area contributed by atoms with Gasteiger partial charge in [0.25, 0.3) is 5.91 Å². The number of rotatable bonds is 8. The van der Waals surface area contributed by atoms with E-state index in [1.165, 1.54) is 24.3 Å². The molecule has 3 rings (SSSR count). The molecule has 1 aromatic heterocycles. The lowest BCUT2D eigenvalue weighted by Crippen LogP contribution is -2.38. The highest BCUT2D eigenvalue weighted by Gasteiger charge is 2.22. The number of hydrogen-bond donors (Lipinski definition) is 1. The van der Waals surface area contributed by atoms with Crippen LogP contribution in [-0.4, -0.2) is 41.9 Å². The first-order chi connectivity index (χ1) is 14.5. The van der Waals surface area contributed by atoms with Gasteiger partial charge in [-0.1, -0.05) is 31.2 Å². The average molecular weight is 428 g/mol. The Morgan fingerprint density at radius 1 is 1.17 bits per heavy atom. The third-order valence-electron chi connectivity index (χ3n) is 4.32. The Labute approximate surface area is 178 Å². The van der Waals surface area contributed by atoms with E-state index in [9.17, 15) is 14.0 Å². The van der Waals surface area contributed by atoms with Crippen molar-refractivity contribution in [3.05, 3.63) is 65.4 Å². The maximum absolute atomic E-state index is 14.0. The Balaban J connectivity index is 1.73. The minimum atomic E-state index is -0.396. The van der Waals surface area contributed by atoms with Crippen LogP contribution < -0.4 is 10.1 Å². The third kappa shape index (κ3) is 5.01. The lowest BCUT2D eigenvalue weighted by atomic mass is 10.2. The van der Waals surface area contributed by atoms with Crippen molar-refractivity contribution in [2.24, 2.45) is 0 Å². The standard InChI is InChI=1S/C22H22FN3O3S/c1-3-12-26(14-20(27)25-17-10-6-7-11-18(17)29-2)22(28)19-13-24-21(30-19)15-8-4-5-9-16(15)23/h4-11,13H,3,12,14H2,1-2H3,(H,25,27). The van der Waals surface area contributed by atoms with Gasteiger partial charge in [0.05, 0.1) is 19.0 Å². The van der Waals surface area contributed by atoms with Crippen molar-refractivity contribution in [2.75, 3.05) is 25.5 Å². The molecule has 0 atom stereocenters. The number of aromatic nitrogens is 1. The lowest BCUT2D eigenvalue weighted by molar-refractivity contribution is -0.116. The van der Waals surface area contributed by atoms with E-state index in [2.05, 4.69) is 10.3 Å². The third-order valence-corrected chi connectivity index (χ3v) is 5.34. The number of benzene rings is 2. The first-order valence-corrected chi connectivity index (χ1v) is 10.3. The summed E-state index contributed by atoms with van der Waals surface area (Å²) in [7, 11) is 1.52. The molecule has 3 aromatic rings. The van der Waals surface area contributed by atoms with Crippen LogP contribution in [-0.2, 0) is 4.79 Å². The van der Waals surface area contributed by atoms with Crippen LogP contribution >= 0.6 is 11.3 Å². The van der Waals surface area contributed by atoms with Crippen molar-refractivity contribution in [1.82, 2.24) is 9.88 Å². The van der Waals surface area contributed by atoms with Crippen LogP contribution in [0.1, 0.15) is 23.0 Å². The van der Waals surface area contributed by atoms with E-state index >= 15 is 0 Å². The number of para-hydroxylation sites is 2. The second-order valence-corrected chi connectivity index (χ2v) is 7.52. The normalized spacial score (nSPS) is 10.5. The van der Waals surface area contributed by atoms with Crippen LogP contribution in [0.3, 0.4) is 0 Å². The zero-order chi connectivity index (χ0) is 21.5. The number of hydrogen-bond acceptors (Lipinski definition) is 5. The molecule has 0 radical (unpaired) electrons. The number of nitrogens with zero attached hydrogens (tertiary/aromatic N) is 2. The number of carbonyl (C=O) groups excluding carboxylic acids is 2. The molecule has 1 N–H and O–H groups in total. The van der Waals surface area contributed by atoms with E-state index in [1.807, 2.05) is 6.92 Å². The summed E-state index contributed by atoms with van der Waals surface area (Å²) in [4.78, 5) is 31.5. The van der Waals surface area contributed by atoms with Gasteiger partial charge in [-0.15, -0.1) is 11.3 Å². The van der Waals surface area contributed by atoms with E-state index in [-0.39, 0.29) is 18.4 Å². The number of methoxy groups -OCH3 is 1. The van der Waals surface area contributed by atoms with Crippen LogP contribution in [0, 0.1) is 5.82 Å². The number of anilines is 1. The molecular weight excluding hydrogens is 405 g/mol. The van der Waals surface area contributed by atoms with Crippen molar-refractivity contribution in [3.63, 3.8) is 0 Å². The monoisotopic (exact) mass is 427 g/mol. The van der Waals surface area contributed by atoms with Crippen LogP contribution in [0.4, 0.5) is 10.1 Å². The summed E-state index contributed by atoms with van der Waals surface area (Å²) in [5.41, 5.74) is 0.881. The number of thiazole rings is 1. The molecular formula is C22H22FN3O3S. The van der Waals surface area contributed by atoms with Crippen LogP contribution in [0.2, 0.25) is 0 Å². The van der Waals surface area contributed by atoms with Crippen molar-refractivity contribution in [3.8, 4) is 16.3 Å². The van der Waals surface area contributed by atoms with Gasteiger partial charge >= 0.3 is 0 Å². The first kappa shape index (κ1) is 21.4. The van der Waals surface area contributed by atoms with Gasteiger partial charge in [0, 0.05) is 12.1 Å². The number of ether oxygens (including phenoxy) is 1. The van der Waals surface area contributed by atoms with E-state index in [0.29, 0.717) is 39.9 Å². The summed E-state index contributed by atoms with van der Waals surface area (Å²) in [5.74, 6) is -0.504. The summed E-state index contributed by atoms with van der Waals surface area (Å²) in [6.07, 6.45) is 2.11. The summed E-state index contributed by atoms with van der Waals surface area (Å²) in [6.45, 7) is 2.22. The average Bonchev–Trinajstić information content (AvgIpc) is 3.23. The second-order valence-electron chi connectivity index (χ2n) is 6.48. The number of halogens is 1. The van der Waals surface area contributed by atoms with Crippen molar-refractivity contribution < 1.29 is 18.7 Å². The highest BCUT2D eigenvalue weighted by molar-refractivity contribution is 7.16. The van der Waals surface area contributed by atoms with Crippen LogP contribution in [0.15, 0.2) is 54.7 Å². The molecule has 0 spiro atoms. The Bertz CT molecular complexity index is 1040. The Morgan fingerprint density at radius 3 is 2.63 bits per heavy atom. The number of amides is 2. The Kier molecular flexibility index (Phi) is 7.13. The molecule has 1 heterocycles. The molecule has 0 fully saturated rings. The van der Waals surface area contributed by atoms with Crippen molar-refractivity contribution >= 4 is 28.8 Å². The van der Waals surface area contributed by atoms with Crippen molar-refractivity contribution in [1.29, 1.82) is 0 Å². The fourth-order valence-electron chi connectivity index (χ4n) is 2.92. The van der Waals surface area contributed by atoms with Crippen molar-refractivity contribution in [2.45, 2.75) is 13.3 Å². The summed E-state index contributed by atoms with van der Waals surface area (Å²) < 4.78 is 19.3. The molecule has 0 aliphatic carbocycles. The zero-order valence-electron chi connectivity index (χ0n) is 16.7. The predicted octanol–water partition coefficient (Wildman–Crippen LogP) is 4.45. The fraction of sp³-hybridized carbons (Fsp3) is 0.227. The quantitative estimate of drug-likeness (QED) is 0.577.